The van der Waals surface area contributed by atoms with Gasteiger partial charge in [0.25, 0.3) is 5.91 Å². The zero-order valence-electron chi connectivity index (χ0n) is 8.31. The highest BCUT2D eigenvalue weighted by atomic mass is 32.2. The van der Waals surface area contributed by atoms with E-state index in [1.165, 1.54) is 12.1 Å². The maximum Gasteiger partial charge on any atom is 0.268 e. The van der Waals surface area contributed by atoms with Gasteiger partial charge >= 0.3 is 0 Å². The van der Waals surface area contributed by atoms with Gasteiger partial charge < -0.3 is 5.11 Å². The van der Waals surface area contributed by atoms with Crippen LogP contribution in [0.15, 0.2) is 18.2 Å². The lowest BCUT2D eigenvalue weighted by Crippen LogP contribution is -2.29. The van der Waals surface area contributed by atoms with Crippen molar-refractivity contribution >= 4 is 15.9 Å². The van der Waals surface area contributed by atoms with Gasteiger partial charge in [-0.1, -0.05) is 6.07 Å². The molecule has 2 N–H and O–H groups in total. The van der Waals surface area contributed by atoms with E-state index in [1.807, 2.05) is 0 Å². The minimum Gasteiger partial charge on any atom is -0.507 e. The third-order valence-electron chi connectivity index (χ3n) is 1.68. The number of phenolic OH excluding ortho intramolecular Hbond substituents is 1. The first kappa shape index (κ1) is 11.5. The van der Waals surface area contributed by atoms with Crippen LogP contribution in [0.3, 0.4) is 0 Å². The number of carbonyl (C=O) groups excluding carboxylic acids is 1. The molecule has 0 aromatic heterocycles. The Kier molecular flexibility index (Phi) is 2.99. The van der Waals surface area contributed by atoms with Crippen LogP contribution in [-0.2, 0) is 10.0 Å². The Morgan fingerprint density at radius 2 is 2.00 bits per heavy atom. The van der Waals surface area contributed by atoms with Crippen molar-refractivity contribution in [3.8, 4) is 5.75 Å². The molecule has 0 radical (unpaired) electrons. The van der Waals surface area contributed by atoms with Crippen LogP contribution in [0.5, 0.6) is 5.75 Å². The van der Waals surface area contributed by atoms with Gasteiger partial charge in [-0.05, 0) is 24.6 Å². The standard InChI is InChI=1S/C9H11NO4S/c1-6-3-4-7(8(11)5-6)9(12)10-15(2,13)14/h3-5,11H,1-2H3,(H,10,12). The van der Waals surface area contributed by atoms with Crippen LogP contribution in [0.1, 0.15) is 15.9 Å². The predicted octanol–water partition coefficient (Wildman–Crippen LogP) is 0.390. The molecule has 1 aromatic rings. The number of carbonyl (C=O) groups is 1. The highest BCUT2D eigenvalue weighted by molar-refractivity contribution is 7.89. The van der Waals surface area contributed by atoms with Gasteiger partial charge in [0.1, 0.15) is 5.75 Å². The molecule has 1 amide bonds. The van der Waals surface area contributed by atoms with E-state index < -0.39 is 15.9 Å². The molecule has 15 heavy (non-hydrogen) atoms. The molecule has 0 heterocycles. The Morgan fingerprint density at radius 1 is 1.40 bits per heavy atom. The van der Waals surface area contributed by atoms with E-state index in [0.717, 1.165) is 11.8 Å². The fourth-order valence-electron chi connectivity index (χ4n) is 1.06. The number of amides is 1. The van der Waals surface area contributed by atoms with Crippen LogP contribution in [-0.4, -0.2) is 25.7 Å². The highest BCUT2D eigenvalue weighted by Gasteiger charge is 2.14. The number of nitrogens with one attached hydrogen (secondary N) is 1. The zero-order valence-corrected chi connectivity index (χ0v) is 9.13. The summed E-state index contributed by atoms with van der Waals surface area (Å²) in [5.74, 6) is -1.08. The lowest BCUT2D eigenvalue weighted by atomic mass is 10.1. The molecule has 0 fully saturated rings. The average Bonchev–Trinajstić information content (AvgIpc) is 1.99. The van der Waals surface area contributed by atoms with E-state index in [-0.39, 0.29) is 11.3 Å². The van der Waals surface area contributed by atoms with E-state index in [1.54, 1.807) is 17.7 Å². The van der Waals surface area contributed by atoms with Crippen molar-refractivity contribution in [2.75, 3.05) is 6.26 Å². The smallest absolute Gasteiger partial charge is 0.268 e. The molecule has 0 atom stereocenters. The van der Waals surface area contributed by atoms with Crippen molar-refractivity contribution in [3.63, 3.8) is 0 Å². The molecule has 6 heteroatoms. The summed E-state index contributed by atoms with van der Waals surface area (Å²) in [6, 6.07) is 4.36. The summed E-state index contributed by atoms with van der Waals surface area (Å²) in [7, 11) is -3.61. The van der Waals surface area contributed by atoms with Crippen LogP contribution in [0.4, 0.5) is 0 Å². The van der Waals surface area contributed by atoms with Gasteiger partial charge in [-0.2, -0.15) is 0 Å². The fraction of sp³-hybridized carbons (Fsp3) is 0.222. The molecular formula is C9H11NO4S. The quantitative estimate of drug-likeness (QED) is 0.768. The second-order valence-electron chi connectivity index (χ2n) is 3.22. The molecule has 0 bridgehead atoms. The maximum absolute atomic E-state index is 11.3. The normalized spacial score (nSPS) is 11.1. The molecule has 1 aromatic carbocycles. The average molecular weight is 229 g/mol. The molecule has 82 valence electrons. The van der Waals surface area contributed by atoms with Gasteiger partial charge in [0.15, 0.2) is 0 Å². The van der Waals surface area contributed by atoms with E-state index in [0.29, 0.717) is 0 Å². The van der Waals surface area contributed by atoms with E-state index in [4.69, 9.17) is 0 Å². The summed E-state index contributed by atoms with van der Waals surface area (Å²) in [6.45, 7) is 1.75. The molecule has 5 nitrogen and oxygen atoms in total. The Hall–Kier alpha value is -1.56. The van der Waals surface area contributed by atoms with Crippen molar-refractivity contribution in [2.45, 2.75) is 6.92 Å². The largest absolute Gasteiger partial charge is 0.507 e. The van der Waals surface area contributed by atoms with Crippen LogP contribution >= 0.6 is 0 Å². The van der Waals surface area contributed by atoms with E-state index >= 15 is 0 Å². The van der Waals surface area contributed by atoms with Crippen LogP contribution in [0.2, 0.25) is 0 Å². The molecule has 0 saturated heterocycles. The fourth-order valence-corrected chi connectivity index (χ4v) is 1.50. The number of phenols is 1. The van der Waals surface area contributed by atoms with E-state index in [2.05, 4.69) is 0 Å². The lowest BCUT2D eigenvalue weighted by Gasteiger charge is -2.05. The summed E-state index contributed by atoms with van der Waals surface area (Å²) >= 11 is 0. The number of aromatic hydroxyl groups is 1. The van der Waals surface area contributed by atoms with Crippen molar-refractivity contribution in [2.24, 2.45) is 0 Å². The van der Waals surface area contributed by atoms with E-state index in [9.17, 15) is 18.3 Å². The number of hydrogen-bond donors (Lipinski definition) is 2. The summed E-state index contributed by atoms with van der Waals surface area (Å²) in [5.41, 5.74) is 0.717. The molecule has 1 rings (SSSR count). The monoisotopic (exact) mass is 229 g/mol. The first-order valence-corrected chi connectivity index (χ1v) is 6.00. The topological polar surface area (TPSA) is 83.5 Å². The Labute approximate surface area is 87.8 Å². The third kappa shape index (κ3) is 3.25. The third-order valence-corrected chi connectivity index (χ3v) is 2.23. The second kappa shape index (κ2) is 3.90. The number of hydrogen-bond acceptors (Lipinski definition) is 4. The van der Waals surface area contributed by atoms with Gasteiger partial charge in [-0.15, -0.1) is 0 Å². The first-order chi connectivity index (χ1) is 6.79. The molecule has 0 aliphatic carbocycles. The summed E-state index contributed by atoms with van der Waals surface area (Å²) < 4.78 is 23.3. The lowest BCUT2D eigenvalue weighted by molar-refractivity contribution is 0.0979. The van der Waals surface area contributed by atoms with Gasteiger partial charge in [0.05, 0.1) is 11.8 Å². The van der Waals surface area contributed by atoms with Gasteiger partial charge in [-0.25, -0.2) is 13.1 Å². The second-order valence-corrected chi connectivity index (χ2v) is 4.97. The molecule has 0 spiro atoms. The zero-order chi connectivity index (χ0) is 11.6. The molecular weight excluding hydrogens is 218 g/mol. The van der Waals surface area contributed by atoms with Crippen molar-refractivity contribution < 1.29 is 18.3 Å². The summed E-state index contributed by atoms with van der Waals surface area (Å²) in [4.78, 5) is 11.3. The molecule has 0 unspecified atom stereocenters. The first-order valence-electron chi connectivity index (χ1n) is 4.11. The number of aryl methyl sites for hydroxylation is 1. The van der Waals surface area contributed by atoms with Gasteiger partial charge in [-0.3, -0.25) is 4.79 Å². The summed E-state index contributed by atoms with van der Waals surface area (Å²) in [5, 5.41) is 9.40. The van der Waals surface area contributed by atoms with Crippen molar-refractivity contribution in [1.29, 1.82) is 0 Å². The highest BCUT2D eigenvalue weighted by Crippen LogP contribution is 2.18. The predicted molar refractivity (Wildman–Crippen MR) is 55.2 cm³/mol. The molecule has 0 aliphatic heterocycles. The SMILES string of the molecule is Cc1ccc(C(=O)NS(C)(=O)=O)c(O)c1. The maximum atomic E-state index is 11.3. The minimum atomic E-state index is -3.61. The number of sulfonamides is 1. The van der Waals surface area contributed by atoms with Crippen molar-refractivity contribution in [3.05, 3.63) is 29.3 Å². The minimum absolute atomic E-state index is 0.0639. The molecule has 0 saturated carbocycles. The van der Waals surface area contributed by atoms with Crippen LogP contribution < -0.4 is 4.72 Å². The van der Waals surface area contributed by atoms with Crippen molar-refractivity contribution in [1.82, 2.24) is 4.72 Å². The Bertz CT molecular complexity index is 493. The van der Waals surface area contributed by atoms with Crippen LogP contribution in [0, 0.1) is 6.92 Å². The molecule has 0 aliphatic rings. The Morgan fingerprint density at radius 3 is 2.47 bits per heavy atom. The van der Waals surface area contributed by atoms with Gasteiger partial charge in [0.2, 0.25) is 10.0 Å². The Balaban J connectivity index is 3.02. The number of benzene rings is 1. The summed E-state index contributed by atoms with van der Waals surface area (Å²) in [6.07, 6.45) is 0.871. The van der Waals surface area contributed by atoms with Gasteiger partial charge in [0, 0.05) is 0 Å². The van der Waals surface area contributed by atoms with Crippen LogP contribution in [0.25, 0.3) is 0 Å². The number of rotatable bonds is 2.